The lowest BCUT2D eigenvalue weighted by Gasteiger charge is -2.30. The Morgan fingerprint density at radius 3 is 2.62 bits per heavy atom. The third-order valence-electron chi connectivity index (χ3n) is 2.90. The summed E-state index contributed by atoms with van der Waals surface area (Å²) < 4.78 is 7.01. The van der Waals surface area contributed by atoms with E-state index in [1.165, 1.54) is 18.2 Å². The van der Waals surface area contributed by atoms with Gasteiger partial charge in [0.1, 0.15) is 11.2 Å². The Kier molecular flexibility index (Phi) is 4.17. The Labute approximate surface area is 122 Å². The highest BCUT2D eigenvalue weighted by molar-refractivity contribution is 5.90. The Morgan fingerprint density at radius 1 is 1.29 bits per heavy atom. The van der Waals surface area contributed by atoms with E-state index in [0.717, 1.165) is 0 Å². The van der Waals surface area contributed by atoms with Crippen LogP contribution in [0.1, 0.15) is 36.8 Å². The van der Waals surface area contributed by atoms with Crippen LogP contribution < -0.4 is 0 Å². The second kappa shape index (κ2) is 5.72. The molecule has 0 aromatic carbocycles. The summed E-state index contributed by atoms with van der Waals surface area (Å²) in [6.45, 7) is 6.63. The normalized spacial score (nSPS) is 14.6. The number of aromatic nitrogens is 2. The summed E-state index contributed by atoms with van der Waals surface area (Å²) in [5.41, 5.74) is 0.325. The number of amides is 1. The van der Waals surface area contributed by atoms with Crippen LogP contribution >= 0.6 is 0 Å². The van der Waals surface area contributed by atoms with Gasteiger partial charge in [0, 0.05) is 6.54 Å². The Balaban J connectivity index is 2.14. The third kappa shape index (κ3) is 3.52. The molecule has 8 nitrogen and oxygen atoms in total. The lowest BCUT2D eigenvalue weighted by atomic mass is 10.2. The van der Waals surface area contributed by atoms with Crippen LogP contribution in [0.2, 0.25) is 0 Å². The number of ether oxygens (including phenoxy) is 1. The highest BCUT2D eigenvalue weighted by Crippen LogP contribution is 2.19. The summed E-state index contributed by atoms with van der Waals surface area (Å²) in [6.07, 6.45) is 0.996. The van der Waals surface area contributed by atoms with Gasteiger partial charge in [0.2, 0.25) is 0 Å². The predicted octanol–water partition coefficient (Wildman–Crippen LogP) is 1.35. The molecule has 1 aromatic heterocycles. The molecule has 1 amide bonds. The Hall–Kier alpha value is -2.09. The molecule has 1 aliphatic rings. The topological polar surface area (TPSA) is 82.9 Å². The first-order valence-electron chi connectivity index (χ1n) is 6.59. The van der Waals surface area contributed by atoms with Gasteiger partial charge in [-0.3, -0.25) is 9.57 Å². The van der Waals surface area contributed by atoms with E-state index in [2.05, 4.69) is 14.9 Å². The molecule has 0 spiro atoms. The minimum atomic E-state index is -0.634. The molecule has 0 aliphatic carbocycles. The fourth-order valence-electron chi connectivity index (χ4n) is 2.02. The van der Waals surface area contributed by atoms with Crippen molar-refractivity contribution in [2.45, 2.75) is 39.5 Å². The van der Waals surface area contributed by atoms with Crippen LogP contribution in [-0.4, -0.2) is 46.0 Å². The molecular formula is C13H19N3O5. The van der Waals surface area contributed by atoms with Gasteiger partial charge >= 0.3 is 12.1 Å². The SMILES string of the molecule is COOC(=O)c1cnn2c1CN(C(=O)OC(C)(C)C)CC2. The zero-order valence-electron chi connectivity index (χ0n) is 12.6. The summed E-state index contributed by atoms with van der Waals surface area (Å²) >= 11 is 0. The van der Waals surface area contributed by atoms with Crippen molar-refractivity contribution in [2.75, 3.05) is 13.7 Å². The molecule has 21 heavy (non-hydrogen) atoms. The average molecular weight is 297 g/mol. The number of hydrogen-bond acceptors (Lipinski definition) is 6. The summed E-state index contributed by atoms with van der Waals surface area (Å²) in [6, 6.07) is 0. The van der Waals surface area contributed by atoms with Crippen molar-refractivity contribution in [3.63, 3.8) is 0 Å². The summed E-state index contributed by atoms with van der Waals surface area (Å²) in [4.78, 5) is 34.2. The number of hydrogen-bond donors (Lipinski definition) is 0. The lowest BCUT2D eigenvalue weighted by Crippen LogP contribution is -2.42. The van der Waals surface area contributed by atoms with Crippen molar-refractivity contribution in [1.82, 2.24) is 14.7 Å². The van der Waals surface area contributed by atoms with Crippen molar-refractivity contribution >= 4 is 12.1 Å². The molecule has 0 radical (unpaired) electrons. The molecule has 116 valence electrons. The highest BCUT2D eigenvalue weighted by atomic mass is 17.2. The molecule has 0 atom stereocenters. The smallest absolute Gasteiger partial charge is 0.410 e. The molecule has 2 rings (SSSR count). The van der Waals surface area contributed by atoms with Gasteiger partial charge in [-0.25, -0.2) is 9.59 Å². The summed E-state index contributed by atoms with van der Waals surface area (Å²) in [5.74, 6) is -0.634. The molecule has 0 N–H and O–H groups in total. The maximum atomic E-state index is 12.1. The average Bonchev–Trinajstić information content (AvgIpc) is 2.79. The minimum Gasteiger partial charge on any atom is -0.444 e. The molecule has 0 saturated heterocycles. The van der Waals surface area contributed by atoms with E-state index in [-0.39, 0.29) is 12.1 Å². The first-order chi connectivity index (χ1) is 9.81. The maximum Gasteiger partial charge on any atom is 0.410 e. The fourth-order valence-corrected chi connectivity index (χ4v) is 2.02. The Morgan fingerprint density at radius 2 is 2.00 bits per heavy atom. The van der Waals surface area contributed by atoms with Crippen LogP contribution in [0.25, 0.3) is 0 Å². The third-order valence-corrected chi connectivity index (χ3v) is 2.90. The van der Waals surface area contributed by atoms with Crippen LogP contribution in [0.5, 0.6) is 0 Å². The second-order valence-corrected chi connectivity index (χ2v) is 5.67. The fraction of sp³-hybridized carbons (Fsp3) is 0.615. The summed E-state index contributed by atoms with van der Waals surface area (Å²) in [5, 5.41) is 4.11. The zero-order valence-corrected chi connectivity index (χ0v) is 12.6. The van der Waals surface area contributed by atoms with Gasteiger partial charge in [0.05, 0.1) is 32.1 Å². The van der Waals surface area contributed by atoms with E-state index < -0.39 is 17.7 Å². The van der Waals surface area contributed by atoms with E-state index in [4.69, 9.17) is 4.74 Å². The van der Waals surface area contributed by atoms with E-state index >= 15 is 0 Å². The largest absolute Gasteiger partial charge is 0.444 e. The monoisotopic (exact) mass is 297 g/mol. The van der Waals surface area contributed by atoms with Gasteiger partial charge in [0.25, 0.3) is 0 Å². The molecule has 1 aromatic rings. The molecular weight excluding hydrogens is 278 g/mol. The van der Waals surface area contributed by atoms with Gasteiger partial charge in [-0.05, 0) is 20.8 Å². The molecule has 0 unspecified atom stereocenters. The van der Waals surface area contributed by atoms with Crippen LogP contribution in [-0.2, 0) is 27.6 Å². The van der Waals surface area contributed by atoms with Crippen molar-refractivity contribution in [3.05, 3.63) is 17.5 Å². The van der Waals surface area contributed by atoms with Crippen molar-refractivity contribution in [3.8, 4) is 0 Å². The predicted molar refractivity (Wildman–Crippen MR) is 71.3 cm³/mol. The zero-order chi connectivity index (χ0) is 15.6. The molecule has 1 aliphatic heterocycles. The molecule has 2 heterocycles. The van der Waals surface area contributed by atoms with Crippen molar-refractivity contribution in [1.29, 1.82) is 0 Å². The number of nitrogens with zero attached hydrogens (tertiary/aromatic N) is 3. The Bertz CT molecular complexity index is 546. The van der Waals surface area contributed by atoms with E-state index in [1.807, 2.05) is 0 Å². The minimum absolute atomic E-state index is 0.239. The van der Waals surface area contributed by atoms with Crippen LogP contribution in [0.15, 0.2) is 6.20 Å². The van der Waals surface area contributed by atoms with E-state index in [9.17, 15) is 9.59 Å². The van der Waals surface area contributed by atoms with Gasteiger partial charge < -0.3 is 9.64 Å². The summed E-state index contributed by atoms with van der Waals surface area (Å²) in [7, 11) is 1.25. The van der Waals surface area contributed by atoms with E-state index in [1.54, 1.807) is 25.5 Å². The molecule has 8 heteroatoms. The lowest BCUT2D eigenvalue weighted by molar-refractivity contribution is -0.216. The van der Waals surface area contributed by atoms with Crippen molar-refractivity contribution < 1.29 is 24.1 Å². The molecule has 0 bridgehead atoms. The second-order valence-electron chi connectivity index (χ2n) is 5.67. The highest BCUT2D eigenvalue weighted by Gasteiger charge is 2.29. The van der Waals surface area contributed by atoms with Crippen molar-refractivity contribution in [2.24, 2.45) is 0 Å². The maximum absolute atomic E-state index is 12.1. The van der Waals surface area contributed by atoms with Gasteiger partial charge in [-0.15, -0.1) is 0 Å². The van der Waals surface area contributed by atoms with Crippen LogP contribution in [0.3, 0.4) is 0 Å². The van der Waals surface area contributed by atoms with Gasteiger partial charge in [-0.1, -0.05) is 0 Å². The van der Waals surface area contributed by atoms with Crippen LogP contribution in [0.4, 0.5) is 4.79 Å². The van der Waals surface area contributed by atoms with Crippen LogP contribution in [0, 0.1) is 0 Å². The first kappa shape index (κ1) is 15.3. The first-order valence-corrected chi connectivity index (χ1v) is 6.59. The van der Waals surface area contributed by atoms with Gasteiger partial charge in [0.15, 0.2) is 0 Å². The number of carbonyl (C=O) groups is 2. The molecule has 0 saturated carbocycles. The van der Waals surface area contributed by atoms with E-state index in [0.29, 0.717) is 18.8 Å². The number of fused-ring (bicyclic) bond motifs is 1. The van der Waals surface area contributed by atoms with Gasteiger partial charge in [-0.2, -0.15) is 9.99 Å². The number of carbonyl (C=O) groups excluding carboxylic acids is 2. The quantitative estimate of drug-likeness (QED) is 0.605. The molecule has 0 fully saturated rings. The number of rotatable bonds is 2. The standard InChI is InChI=1S/C13H19N3O5/c1-13(2,3)20-12(18)15-5-6-16-10(8-15)9(7-14-16)11(17)21-19-4/h7H,5-6,8H2,1-4H3.